The van der Waals surface area contributed by atoms with Crippen molar-refractivity contribution in [2.45, 2.75) is 58.8 Å². The molecule has 23 heavy (non-hydrogen) atoms. The van der Waals surface area contributed by atoms with E-state index < -0.39 is 0 Å². The molecular formula is C19H24O4. The van der Waals surface area contributed by atoms with Gasteiger partial charge in [-0.3, -0.25) is 19.2 Å². The molecule has 0 heterocycles. The molecule has 4 nitrogen and oxygen atoms in total. The molecule has 0 amide bonds. The minimum Gasteiger partial charge on any atom is -0.300 e. The molecule has 124 valence electrons. The number of benzene rings is 1. The van der Waals surface area contributed by atoms with E-state index in [0.717, 1.165) is 12.8 Å². The van der Waals surface area contributed by atoms with Crippen molar-refractivity contribution in [2.75, 3.05) is 0 Å². The van der Waals surface area contributed by atoms with E-state index >= 15 is 0 Å². The highest BCUT2D eigenvalue weighted by Gasteiger charge is 2.12. The normalized spacial score (nSPS) is 10.3. The minimum absolute atomic E-state index is 0.0538. The largest absolute Gasteiger partial charge is 0.300 e. The fourth-order valence-electron chi connectivity index (χ4n) is 2.30. The topological polar surface area (TPSA) is 68.3 Å². The quantitative estimate of drug-likeness (QED) is 0.458. The molecule has 1 aromatic carbocycles. The van der Waals surface area contributed by atoms with Gasteiger partial charge in [0.05, 0.1) is 6.42 Å². The minimum atomic E-state index is -0.153. The van der Waals surface area contributed by atoms with Crippen LogP contribution in [0.4, 0.5) is 0 Å². The maximum Gasteiger partial charge on any atom is 0.162 e. The second-order valence-corrected chi connectivity index (χ2v) is 5.80. The summed E-state index contributed by atoms with van der Waals surface area (Å²) in [5, 5.41) is 0. The zero-order chi connectivity index (χ0) is 17.2. The Morgan fingerprint density at radius 2 is 1.43 bits per heavy atom. The second-order valence-electron chi connectivity index (χ2n) is 5.80. The van der Waals surface area contributed by atoms with Crippen LogP contribution in [-0.2, 0) is 9.59 Å². The summed E-state index contributed by atoms with van der Waals surface area (Å²) in [5.74, 6) is -0.308. The molecule has 1 rings (SSSR count). The van der Waals surface area contributed by atoms with Crippen LogP contribution in [0.3, 0.4) is 0 Å². The van der Waals surface area contributed by atoms with Gasteiger partial charge >= 0.3 is 0 Å². The maximum absolute atomic E-state index is 12.1. The molecule has 4 heteroatoms. The third-order valence-electron chi connectivity index (χ3n) is 3.57. The van der Waals surface area contributed by atoms with Gasteiger partial charge in [-0.1, -0.05) is 31.5 Å². The van der Waals surface area contributed by atoms with E-state index in [9.17, 15) is 19.2 Å². The van der Waals surface area contributed by atoms with Gasteiger partial charge in [-0.15, -0.1) is 0 Å². The van der Waals surface area contributed by atoms with Crippen LogP contribution in [0.2, 0.25) is 0 Å². The number of hydrogen-bond donors (Lipinski definition) is 0. The van der Waals surface area contributed by atoms with Gasteiger partial charge in [-0.2, -0.15) is 0 Å². The summed E-state index contributed by atoms with van der Waals surface area (Å²) in [6.45, 7) is 3.41. The lowest BCUT2D eigenvalue weighted by Crippen LogP contribution is -2.07. The second kappa shape index (κ2) is 9.82. The first-order valence-corrected chi connectivity index (χ1v) is 8.11. The standard InChI is InChI=1S/C19H24O4/c1-3-4-10-18(22)15-7-5-8-16(13-15)19(23)11-6-9-17(21)12-14(2)20/h5,7-8,13H,3-4,6,9-12H2,1-2H3. The van der Waals surface area contributed by atoms with Crippen molar-refractivity contribution >= 4 is 23.1 Å². The lowest BCUT2D eigenvalue weighted by molar-refractivity contribution is -0.125. The average molecular weight is 316 g/mol. The first-order valence-electron chi connectivity index (χ1n) is 8.11. The predicted molar refractivity (Wildman–Crippen MR) is 88.8 cm³/mol. The summed E-state index contributed by atoms with van der Waals surface area (Å²) >= 11 is 0. The third kappa shape index (κ3) is 7.13. The van der Waals surface area contributed by atoms with Gasteiger partial charge in [-0.05, 0) is 25.8 Å². The predicted octanol–water partition coefficient (Wildman–Crippen LogP) is 3.96. The highest BCUT2D eigenvalue weighted by molar-refractivity contribution is 6.01. The number of unbranched alkanes of at least 4 members (excludes halogenated alkanes) is 1. The Morgan fingerprint density at radius 3 is 1.96 bits per heavy atom. The van der Waals surface area contributed by atoms with Gasteiger partial charge in [0.1, 0.15) is 11.6 Å². The molecule has 0 N–H and O–H groups in total. The molecule has 0 bridgehead atoms. The third-order valence-corrected chi connectivity index (χ3v) is 3.57. The smallest absolute Gasteiger partial charge is 0.162 e. The fourth-order valence-corrected chi connectivity index (χ4v) is 2.30. The van der Waals surface area contributed by atoms with Gasteiger partial charge in [-0.25, -0.2) is 0 Å². The number of carbonyl (C=O) groups is 4. The van der Waals surface area contributed by atoms with Gasteiger partial charge in [0, 0.05) is 30.4 Å². The molecule has 0 atom stereocenters. The summed E-state index contributed by atoms with van der Waals surface area (Å²) in [4.78, 5) is 46.4. The number of hydrogen-bond acceptors (Lipinski definition) is 4. The summed E-state index contributed by atoms with van der Waals surface area (Å²) in [6.07, 6.45) is 3.15. The molecule has 0 spiro atoms. The van der Waals surface area contributed by atoms with Crippen molar-refractivity contribution in [1.29, 1.82) is 0 Å². The van der Waals surface area contributed by atoms with Gasteiger partial charge in [0.15, 0.2) is 11.6 Å². The number of carbonyl (C=O) groups excluding carboxylic acids is 4. The molecule has 0 aliphatic rings. The summed E-state index contributed by atoms with van der Waals surface area (Å²) < 4.78 is 0. The van der Waals surface area contributed by atoms with Crippen LogP contribution < -0.4 is 0 Å². The summed E-state index contributed by atoms with van der Waals surface area (Å²) in [6, 6.07) is 6.77. The molecule has 0 saturated heterocycles. The Hall–Kier alpha value is -2.10. The van der Waals surface area contributed by atoms with Gasteiger partial charge in [0.25, 0.3) is 0 Å². The highest BCUT2D eigenvalue weighted by Crippen LogP contribution is 2.13. The van der Waals surface area contributed by atoms with Crippen molar-refractivity contribution in [3.63, 3.8) is 0 Å². The molecule has 0 aliphatic heterocycles. The van der Waals surface area contributed by atoms with E-state index in [1.54, 1.807) is 24.3 Å². The van der Waals surface area contributed by atoms with Crippen LogP contribution in [-0.4, -0.2) is 23.1 Å². The van der Waals surface area contributed by atoms with Crippen molar-refractivity contribution in [3.8, 4) is 0 Å². The summed E-state index contributed by atoms with van der Waals surface area (Å²) in [7, 11) is 0. The van der Waals surface area contributed by atoms with Crippen molar-refractivity contribution in [2.24, 2.45) is 0 Å². The molecule has 0 fully saturated rings. The zero-order valence-electron chi connectivity index (χ0n) is 13.9. The molecule has 0 saturated carbocycles. The lowest BCUT2D eigenvalue weighted by atomic mass is 9.99. The van der Waals surface area contributed by atoms with E-state index in [2.05, 4.69) is 0 Å². The maximum atomic E-state index is 12.1. The zero-order valence-corrected chi connectivity index (χ0v) is 13.9. The molecule has 0 unspecified atom stereocenters. The van der Waals surface area contributed by atoms with Crippen LogP contribution in [0.1, 0.15) is 79.5 Å². The Bertz CT molecular complexity index is 587. The lowest BCUT2D eigenvalue weighted by Gasteiger charge is -2.04. The molecule has 0 radical (unpaired) electrons. The van der Waals surface area contributed by atoms with Crippen molar-refractivity contribution in [1.82, 2.24) is 0 Å². The van der Waals surface area contributed by atoms with E-state index in [-0.39, 0.29) is 42.4 Å². The Morgan fingerprint density at radius 1 is 0.870 bits per heavy atom. The van der Waals surface area contributed by atoms with Gasteiger partial charge < -0.3 is 0 Å². The van der Waals surface area contributed by atoms with Crippen molar-refractivity contribution in [3.05, 3.63) is 35.4 Å². The van der Waals surface area contributed by atoms with E-state index in [1.807, 2.05) is 6.92 Å². The van der Waals surface area contributed by atoms with Crippen LogP contribution >= 0.6 is 0 Å². The molecule has 0 aliphatic carbocycles. The molecular weight excluding hydrogens is 292 g/mol. The first kappa shape index (κ1) is 18.9. The fraction of sp³-hybridized carbons (Fsp3) is 0.474. The Labute approximate surface area is 137 Å². The Kier molecular flexibility index (Phi) is 8.09. The number of ketones is 4. The van der Waals surface area contributed by atoms with Crippen LogP contribution in [0.15, 0.2) is 24.3 Å². The van der Waals surface area contributed by atoms with Crippen LogP contribution in [0, 0.1) is 0 Å². The summed E-state index contributed by atoms with van der Waals surface area (Å²) in [5.41, 5.74) is 1.07. The number of rotatable bonds is 11. The number of Topliss-reactive ketones (excluding diaryl/α,β-unsaturated/α-hetero) is 4. The molecule has 1 aromatic rings. The van der Waals surface area contributed by atoms with E-state index in [4.69, 9.17) is 0 Å². The van der Waals surface area contributed by atoms with Crippen LogP contribution in [0.25, 0.3) is 0 Å². The highest BCUT2D eigenvalue weighted by atomic mass is 16.1. The first-order chi connectivity index (χ1) is 10.9. The van der Waals surface area contributed by atoms with Crippen LogP contribution in [0.5, 0.6) is 0 Å². The molecule has 0 aromatic heterocycles. The monoisotopic (exact) mass is 316 g/mol. The van der Waals surface area contributed by atoms with E-state index in [1.165, 1.54) is 6.92 Å². The Balaban J connectivity index is 2.55. The van der Waals surface area contributed by atoms with Crippen molar-refractivity contribution < 1.29 is 19.2 Å². The van der Waals surface area contributed by atoms with E-state index in [0.29, 0.717) is 24.0 Å². The SMILES string of the molecule is CCCCC(=O)c1cccc(C(=O)CCCC(=O)CC(C)=O)c1. The van der Waals surface area contributed by atoms with Gasteiger partial charge in [0.2, 0.25) is 0 Å². The average Bonchev–Trinajstić information content (AvgIpc) is 2.51.